The summed E-state index contributed by atoms with van der Waals surface area (Å²) in [6.45, 7) is 3.60. The number of nitrogens with zero attached hydrogens (tertiary/aromatic N) is 3. The third-order valence-electron chi connectivity index (χ3n) is 4.61. The number of carbonyl (C=O) groups is 1. The van der Waals surface area contributed by atoms with Crippen LogP contribution in [0.5, 0.6) is 5.88 Å². The van der Waals surface area contributed by atoms with Crippen molar-refractivity contribution in [3.05, 3.63) is 78.2 Å². The molecule has 7 heteroatoms. The number of anilines is 2. The number of amides is 1. The highest BCUT2D eigenvalue weighted by Gasteiger charge is 2.13. The number of nitrogens with one attached hydrogen (secondary N) is 1. The molecule has 0 saturated carbocycles. The van der Waals surface area contributed by atoms with Gasteiger partial charge in [-0.05, 0) is 29.8 Å². The van der Waals surface area contributed by atoms with Crippen molar-refractivity contribution in [1.29, 1.82) is 0 Å². The van der Waals surface area contributed by atoms with Crippen LogP contribution in [0.4, 0.5) is 11.4 Å². The minimum atomic E-state index is -0.309. The van der Waals surface area contributed by atoms with E-state index in [0.717, 1.165) is 37.6 Å². The van der Waals surface area contributed by atoms with Crippen molar-refractivity contribution in [2.24, 2.45) is 0 Å². The summed E-state index contributed by atoms with van der Waals surface area (Å²) in [6, 6.07) is 19.1. The molecule has 1 aliphatic rings. The average molecular weight is 390 g/mol. The molecule has 148 valence electrons. The van der Waals surface area contributed by atoms with Gasteiger partial charge < -0.3 is 19.7 Å². The fourth-order valence-electron chi connectivity index (χ4n) is 3.05. The van der Waals surface area contributed by atoms with E-state index in [2.05, 4.69) is 20.2 Å². The van der Waals surface area contributed by atoms with Crippen molar-refractivity contribution in [1.82, 2.24) is 9.97 Å². The van der Waals surface area contributed by atoms with Gasteiger partial charge in [0.1, 0.15) is 18.6 Å². The van der Waals surface area contributed by atoms with E-state index in [4.69, 9.17) is 9.47 Å². The lowest BCUT2D eigenvalue weighted by molar-refractivity contribution is 0.102. The zero-order valence-corrected chi connectivity index (χ0v) is 16.0. The molecule has 1 saturated heterocycles. The van der Waals surface area contributed by atoms with Crippen LogP contribution in [0.3, 0.4) is 0 Å². The van der Waals surface area contributed by atoms with Crippen LogP contribution in [0.1, 0.15) is 16.1 Å². The number of benzene rings is 2. The monoisotopic (exact) mass is 390 g/mol. The molecular formula is C22H22N4O3. The number of aromatic nitrogens is 2. The first-order valence-electron chi connectivity index (χ1n) is 9.51. The number of carbonyl (C=O) groups excluding carboxylic acids is 1. The van der Waals surface area contributed by atoms with Gasteiger partial charge >= 0.3 is 0 Å². The normalized spacial score (nSPS) is 13.7. The summed E-state index contributed by atoms with van der Waals surface area (Å²) in [5.74, 6) is 0.0488. The van der Waals surface area contributed by atoms with Crippen molar-refractivity contribution >= 4 is 17.3 Å². The van der Waals surface area contributed by atoms with Gasteiger partial charge in [0.15, 0.2) is 0 Å². The van der Waals surface area contributed by atoms with E-state index in [0.29, 0.717) is 18.2 Å². The molecule has 1 aromatic heterocycles. The fourth-order valence-corrected chi connectivity index (χ4v) is 3.05. The van der Waals surface area contributed by atoms with Crippen LogP contribution in [0.15, 0.2) is 67.0 Å². The van der Waals surface area contributed by atoms with Crippen molar-refractivity contribution < 1.29 is 14.3 Å². The molecule has 2 aromatic carbocycles. The first kappa shape index (κ1) is 18.9. The Morgan fingerprint density at radius 3 is 2.55 bits per heavy atom. The van der Waals surface area contributed by atoms with E-state index < -0.39 is 0 Å². The van der Waals surface area contributed by atoms with Crippen molar-refractivity contribution in [3.8, 4) is 5.88 Å². The summed E-state index contributed by atoms with van der Waals surface area (Å²) in [4.78, 5) is 22.9. The molecule has 0 radical (unpaired) electrons. The number of morpholine rings is 1. The smallest absolute Gasteiger partial charge is 0.274 e. The average Bonchev–Trinajstić information content (AvgIpc) is 2.80. The topological polar surface area (TPSA) is 76.6 Å². The molecule has 1 N–H and O–H groups in total. The lowest BCUT2D eigenvalue weighted by atomic mass is 10.2. The predicted molar refractivity (Wildman–Crippen MR) is 110 cm³/mol. The maximum Gasteiger partial charge on any atom is 0.274 e. The van der Waals surface area contributed by atoms with Gasteiger partial charge in [0.2, 0.25) is 5.88 Å². The van der Waals surface area contributed by atoms with Crippen molar-refractivity contribution in [2.75, 3.05) is 36.5 Å². The van der Waals surface area contributed by atoms with Crippen molar-refractivity contribution in [2.45, 2.75) is 6.61 Å². The predicted octanol–water partition coefficient (Wildman–Crippen LogP) is 3.14. The van der Waals surface area contributed by atoms with Crippen LogP contribution < -0.4 is 15.0 Å². The molecule has 0 spiro atoms. The van der Waals surface area contributed by atoms with Gasteiger partial charge in [-0.3, -0.25) is 4.79 Å². The van der Waals surface area contributed by atoms with Crippen LogP contribution >= 0.6 is 0 Å². The Hall–Kier alpha value is -3.45. The third-order valence-corrected chi connectivity index (χ3v) is 4.61. The number of rotatable bonds is 6. The Morgan fingerprint density at radius 1 is 1.03 bits per heavy atom. The zero-order chi connectivity index (χ0) is 19.9. The Kier molecular flexibility index (Phi) is 5.97. The van der Waals surface area contributed by atoms with Crippen molar-refractivity contribution in [3.63, 3.8) is 0 Å². The Labute approximate surface area is 169 Å². The van der Waals surface area contributed by atoms with Gasteiger partial charge in [0, 0.05) is 30.5 Å². The van der Waals surface area contributed by atoms with Gasteiger partial charge in [-0.2, -0.15) is 0 Å². The van der Waals surface area contributed by atoms with Gasteiger partial charge in [-0.1, -0.05) is 30.3 Å². The summed E-state index contributed by atoms with van der Waals surface area (Å²) in [7, 11) is 0. The SMILES string of the molecule is O=C(Nc1ccc(N2CCOCC2)cc1)c1cc(OCc2ccccc2)ncn1. The molecule has 4 rings (SSSR count). The second kappa shape index (κ2) is 9.16. The summed E-state index contributed by atoms with van der Waals surface area (Å²) < 4.78 is 11.0. The van der Waals surface area contributed by atoms with Crippen LogP contribution in [0.2, 0.25) is 0 Å². The van der Waals surface area contributed by atoms with E-state index in [1.54, 1.807) is 6.07 Å². The molecule has 1 amide bonds. The maximum atomic E-state index is 12.5. The van der Waals surface area contributed by atoms with Gasteiger partial charge in [-0.15, -0.1) is 0 Å². The molecule has 7 nitrogen and oxygen atoms in total. The van der Waals surface area contributed by atoms with E-state index in [1.807, 2.05) is 54.6 Å². The van der Waals surface area contributed by atoms with E-state index in [9.17, 15) is 4.79 Å². The quantitative estimate of drug-likeness (QED) is 0.697. The van der Waals surface area contributed by atoms with E-state index >= 15 is 0 Å². The van der Waals surface area contributed by atoms with E-state index in [1.165, 1.54) is 6.33 Å². The van der Waals surface area contributed by atoms with Gasteiger partial charge in [0.05, 0.1) is 13.2 Å². The second-order valence-electron chi connectivity index (χ2n) is 6.62. The summed E-state index contributed by atoms with van der Waals surface area (Å²) >= 11 is 0. The number of hydrogen-bond donors (Lipinski definition) is 1. The van der Waals surface area contributed by atoms with E-state index in [-0.39, 0.29) is 11.6 Å². The molecule has 0 aliphatic carbocycles. The van der Waals surface area contributed by atoms with Crippen LogP contribution in [-0.4, -0.2) is 42.2 Å². The molecule has 1 aliphatic heterocycles. The lowest BCUT2D eigenvalue weighted by Gasteiger charge is -2.28. The molecule has 0 unspecified atom stereocenters. The summed E-state index contributed by atoms with van der Waals surface area (Å²) in [5, 5.41) is 2.86. The van der Waals surface area contributed by atoms with Crippen LogP contribution in [0.25, 0.3) is 0 Å². The second-order valence-corrected chi connectivity index (χ2v) is 6.62. The van der Waals surface area contributed by atoms with Gasteiger partial charge in [0.25, 0.3) is 5.91 Å². The molecule has 1 fully saturated rings. The Balaban J connectivity index is 1.36. The molecule has 2 heterocycles. The number of ether oxygens (including phenoxy) is 2. The minimum absolute atomic E-state index is 0.250. The molecule has 3 aromatic rings. The van der Waals surface area contributed by atoms with Crippen LogP contribution in [0, 0.1) is 0 Å². The first-order chi connectivity index (χ1) is 14.3. The molecule has 0 bridgehead atoms. The fraction of sp³-hybridized carbons (Fsp3) is 0.227. The highest BCUT2D eigenvalue weighted by atomic mass is 16.5. The molecule has 29 heavy (non-hydrogen) atoms. The Bertz CT molecular complexity index is 942. The minimum Gasteiger partial charge on any atom is -0.473 e. The van der Waals surface area contributed by atoms with Gasteiger partial charge in [-0.25, -0.2) is 9.97 Å². The summed E-state index contributed by atoms with van der Waals surface area (Å²) in [5.41, 5.74) is 3.10. The first-order valence-corrected chi connectivity index (χ1v) is 9.51. The third kappa shape index (κ3) is 5.08. The zero-order valence-electron chi connectivity index (χ0n) is 16.0. The van der Waals surface area contributed by atoms with Crippen LogP contribution in [-0.2, 0) is 11.3 Å². The summed E-state index contributed by atoms with van der Waals surface area (Å²) in [6.07, 6.45) is 1.33. The lowest BCUT2D eigenvalue weighted by Crippen LogP contribution is -2.36. The Morgan fingerprint density at radius 2 is 1.79 bits per heavy atom. The highest BCUT2D eigenvalue weighted by molar-refractivity contribution is 6.03. The molecular weight excluding hydrogens is 368 g/mol. The number of hydrogen-bond acceptors (Lipinski definition) is 6. The standard InChI is InChI=1S/C22H22N4O3/c27-22(25-18-6-8-19(9-7-18)26-10-12-28-13-11-26)20-14-21(24-16-23-20)29-15-17-4-2-1-3-5-17/h1-9,14,16H,10-13,15H2,(H,25,27). The maximum absolute atomic E-state index is 12.5. The largest absolute Gasteiger partial charge is 0.473 e. The molecule has 0 atom stereocenters. The highest BCUT2D eigenvalue weighted by Crippen LogP contribution is 2.19.